The molecule has 1 aliphatic carbocycles. The number of hydrogen-bond acceptors (Lipinski definition) is 6. The second-order valence-corrected chi connectivity index (χ2v) is 20.1. The molecule has 1 N–H and O–H groups in total. The van der Waals surface area contributed by atoms with Crippen molar-refractivity contribution in [2.75, 3.05) is 6.61 Å². The minimum Gasteiger partial charge on any atom is -0.414 e. The molecule has 8 nitrogen and oxygen atoms in total. The second-order valence-electron chi connectivity index (χ2n) is 11.3. The first-order valence-electron chi connectivity index (χ1n) is 12.4. The SMILES string of the molecule is CC(C)[Si]1(C(C)C)OC[C@H]2O[C@@H](n3ccc(=O)[nH]c3=O)C3(CC3)[C@@H]2O[Si](C(C)C)(C(C)C)O1. The van der Waals surface area contributed by atoms with Gasteiger partial charge in [0.2, 0.25) is 0 Å². The zero-order chi connectivity index (χ0) is 24.3. The van der Waals surface area contributed by atoms with Crippen LogP contribution in [0.25, 0.3) is 0 Å². The monoisotopic (exact) mass is 496 g/mol. The molecule has 10 heteroatoms. The first-order valence-corrected chi connectivity index (χ1v) is 16.3. The van der Waals surface area contributed by atoms with Gasteiger partial charge < -0.3 is 17.7 Å². The quantitative estimate of drug-likeness (QED) is 0.615. The Bertz CT molecular complexity index is 968. The highest BCUT2D eigenvalue weighted by molar-refractivity contribution is 6.84. The molecule has 0 aromatic carbocycles. The Morgan fingerprint density at radius 2 is 1.55 bits per heavy atom. The van der Waals surface area contributed by atoms with Crippen LogP contribution in [0.5, 0.6) is 0 Å². The molecule has 3 heterocycles. The molecule has 3 fully saturated rings. The minimum absolute atomic E-state index is 0.205. The van der Waals surface area contributed by atoms with E-state index in [4.69, 9.17) is 17.7 Å². The molecule has 3 atom stereocenters. The molecule has 1 spiro atoms. The molecule has 0 radical (unpaired) electrons. The van der Waals surface area contributed by atoms with Crippen LogP contribution in [0.3, 0.4) is 0 Å². The number of H-pyrrole nitrogens is 1. The third-order valence-corrected chi connectivity index (χ3v) is 18.2. The maximum atomic E-state index is 12.7. The highest BCUT2D eigenvalue weighted by atomic mass is 28.5. The van der Waals surface area contributed by atoms with Crippen LogP contribution in [-0.4, -0.2) is 45.5 Å². The van der Waals surface area contributed by atoms with Gasteiger partial charge >= 0.3 is 22.8 Å². The summed E-state index contributed by atoms with van der Waals surface area (Å²) in [6.45, 7) is 18.0. The molecule has 4 rings (SSSR count). The Labute approximate surface area is 198 Å². The van der Waals surface area contributed by atoms with Gasteiger partial charge in [0, 0.05) is 17.7 Å². The van der Waals surface area contributed by atoms with E-state index in [1.165, 1.54) is 10.6 Å². The summed E-state index contributed by atoms with van der Waals surface area (Å²) in [5.74, 6) is 0. The third-order valence-electron chi connectivity index (χ3n) is 7.95. The van der Waals surface area contributed by atoms with Gasteiger partial charge in [-0.15, -0.1) is 0 Å². The van der Waals surface area contributed by atoms with Gasteiger partial charge in [0.05, 0.1) is 12.7 Å². The fourth-order valence-electron chi connectivity index (χ4n) is 5.96. The van der Waals surface area contributed by atoms with Crippen molar-refractivity contribution >= 4 is 17.1 Å². The summed E-state index contributed by atoms with van der Waals surface area (Å²) in [5.41, 5.74) is -0.182. The standard InChI is InChI=1S/C23H40N2O6Si2/c1-14(2)32(15(3)4)28-13-18-20(30-33(31-32,16(5)6)17(7)8)23(10-11-23)21(29-18)25-12-9-19(26)24-22(25)27/h9,12,14-18,20-21H,10-11,13H2,1-8H3,(H,24,26,27)/t18-,20-,21-/m1/s1. The minimum atomic E-state index is -2.76. The zero-order valence-corrected chi connectivity index (χ0v) is 23.2. The molecular weight excluding hydrogens is 456 g/mol. The third kappa shape index (κ3) is 3.86. The number of aromatic nitrogens is 2. The molecule has 0 amide bonds. The topological polar surface area (TPSA) is 91.8 Å². The summed E-state index contributed by atoms with van der Waals surface area (Å²) >= 11 is 0. The van der Waals surface area contributed by atoms with Gasteiger partial charge in [-0.25, -0.2) is 4.79 Å². The van der Waals surface area contributed by atoms with Crippen molar-refractivity contribution in [2.24, 2.45) is 5.41 Å². The van der Waals surface area contributed by atoms with E-state index in [0.717, 1.165) is 12.8 Å². The average molecular weight is 497 g/mol. The van der Waals surface area contributed by atoms with E-state index in [9.17, 15) is 9.59 Å². The zero-order valence-electron chi connectivity index (χ0n) is 21.2. The van der Waals surface area contributed by atoms with Crippen LogP contribution in [0.2, 0.25) is 22.2 Å². The van der Waals surface area contributed by atoms with Crippen molar-refractivity contribution in [2.45, 2.75) is 109 Å². The van der Waals surface area contributed by atoms with Crippen LogP contribution >= 0.6 is 0 Å². The Morgan fingerprint density at radius 3 is 2.03 bits per heavy atom. The van der Waals surface area contributed by atoms with Crippen molar-refractivity contribution in [3.05, 3.63) is 33.1 Å². The molecule has 3 aliphatic rings. The van der Waals surface area contributed by atoms with Gasteiger partial charge in [-0.2, -0.15) is 0 Å². The molecule has 1 aromatic heterocycles. The average Bonchev–Trinajstić information content (AvgIpc) is 3.43. The van der Waals surface area contributed by atoms with Gasteiger partial charge in [0.25, 0.3) is 5.56 Å². The summed E-state index contributed by atoms with van der Waals surface area (Å²) in [6, 6.07) is 1.37. The molecular formula is C23H40N2O6Si2. The molecule has 2 aliphatic heterocycles. The molecule has 0 unspecified atom stereocenters. The number of rotatable bonds is 5. The van der Waals surface area contributed by atoms with E-state index in [2.05, 4.69) is 60.4 Å². The number of ether oxygens (including phenoxy) is 1. The lowest BCUT2D eigenvalue weighted by Crippen LogP contribution is -2.65. The Kier molecular flexibility index (Phi) is 6.50. The van der Waals surface area contributed by atoms with Crippen LogP contribution in [0, 0.1) is 5.41 Å². The number of hydrogen-bond donors (Lipinski definition) is 1. The van der Waals surface area contributed by atoms with Gasteiger partial charge in [0.1, 0.15) is 12.3 Å². The van der Waals surface area contributed by atoms with E-state index in [1.54, 1.807) is 6.20 Å². The summed E-state index contributed by atoms with van der Waals surface area (Å²) in [7, 11) is -5.40. The molecule has 186 valence electrons. The van der Waals surface area contributed by atoms with Crippen molar-refractivity contribution in [3.8, 4) is 0 Å². The van der Waals surface area contributed by atoms with Crippen molar-refractivity contribution < 1.29 is 17.7 Å². The maximum Gasteiger partial charge on any atom is 0.335 e. The van der Waals surface area contributed by atoms with Crippen LogP contribution < -0.4 is 11.2 Å². The first kappa shape index (κ1) is 25.1. The van der Waals surface area contributed by atoms with Gasteiger partial charge in [-0.05, 0) is 35.0 Å². The van der Waals surface area contributed by atoms with E-state index in [-0.39, 0.29) is 39.8 Å². The maximum absolute atomic E-state index is 12.7. The van der Waals surface area contributed by atoms with E-state index in [0.29, 0.717) is 6.61 Å². The molecule has 1 aromatic rings. The largest absolute Gasteiger partial charge is 0.414 e. The van der Waals surface area contributed by atoms with Crippen LogP contribution in [-0.2, 0) is 17.7 Å². The Morgan fingerprint density at radius 1 is 0.970 bits per heavy atom. The van der Waals surface area contributed by atoms with Crippen molar-refractivity contribution in [3.63, 3.8) is 0 Å². The lowest BCUT2D eigenvalue weighted by Gasteiger charge is -2.51. The number of nitrogens with zero attached hydrogens (tertiary/aromatic N) is 1. The summed E-state index contributed by atoms with van der Waals surface area (Å²) in [6.07, 6.45) is 2.38. The smallest absolute Gasteiger partial charge is 0.335 e. The fourth-order valence-corrected chi connectivity index (χ4v) is 17.2. The van der Waals surface area contributed by atoms with Crippen LogP contribution in [0.15, 0.2) is 21.9 Å². The van der Waals surface area contributed by atoms with E-state index < -0.39 is 34.6 Å². The van der Waals surface area contributed by atoms with Crippen molar-refractivity contribution in [1.29, 1.82) is 0 Å². The van der Waals surface area contributed by atoms with Gasteiger partial charge in [-0.1, -0.05) is 55.4 Å². The van der Waals surface area contributed by atoms with Crippen LogP contribution in [0.1, 0.15) is 74.5 Å². The lowest BCUT2D eigenvalue weighted by molar-refractivity contribution is -0.0577. The van der Waals surface area contributed by atoms with Crippen molar-refractivity contribution in [1.82, 2.24) is 9.55 Å². The number of nitrogens with one attached hydrogen (secondary N) is 1. The van der Waals surface area contributed by atoms with Gasteiger partial charge in [0.15, 0.2) is 0 Å². The highest BCUT2D eigenvalue weighted by Crippen LogP contribution is 2.65. The summed E-state index contributed by atoms with van der Waals surface area (Å²) in [5, 5.41) is 0. The van der Waals surface area contributed by atoms with E-state index in [1.807, 2.05) is 0 Å². The predicted molar refractivity (Wildman–Crippen MR) is 131 cm³/mol. The second kappa shape index (κ2) is 8.56. The predicted octanol–water partition coefficient (Wildman–Crippen LogP) is 4.17. The van der Waals surface area contributed by atoms with E-state index >= 15 is 0 Å². The lowest BCUT2D eigenvalue weighted by atomic mass is 9.96. The Balaban J connectivity index is 1.81. The molecule has 1 saturated carbocycles. The fraction of sp³-hybridized carbons (Fsp3) is 0.826. The number of aromatic amines is 1. The summed E-state index contributed by atoms with van der Waals surface area (Å²) < 4.78 is 29.4. The normalized spacial score (nSPS) is 30.1. The molecule has 33 heavy (non-hydrogen) atoms. The molecule has 0 bridgehead atoms. The highest BCUT2D eigenvalue weighted by Gasteiger charge is 2.69. The Hall–Kier alpha value is -1.05. The molecule has 2 saturated heterocycles. The summed E-state index contributed by atoms with van der Waals surface area (Å²) in [4.78, 5) is 26.7. The van der Waals surface area contributed by atoms with Gasteiger partial charge in [-0.3, -0.25) is 14.3 Å². The first-order chi connectivity index (χ1) is 15.4. The van der Waals surface area contributed by atoms with Crippen LogP contribution in [0.4, 0.5) is 0 Å². The number of fused-ring (bicyclic) bond motifs is 2.